The molecule has 0 fully saturated rings. The topological polar surface area (TPSA) is 59.7 Å². The van der Waals surface area contributed by atoms with Gasteiger partial charge in [-0.2, -0.15) is 0 Å². The minimum absolute atomic E-state index is 0.0561. The molecular weight excluding hydrogens is 316 g/mol. The average molecular weight is 332 g/mol. The lowest BCUT2D eigenvalue weighted by Crippen LogP contribution is -2.18. The average Bonchev–Trinajstić information content (AvgIpc) is 3.00. The van der Waals surface area contributed by atoms with E-state index in [0.29, 0.717) is 17.1 Å². The third kappa shape index (κ3) is 2.10. The first kappa shape index (κ1) is 14.3. The van der Waals surface area contributed by atoms with Crippen LogP contribution in [0.25, 0.3) is 22.3 Å². The Morgan fingerprint density at radius 2 is 1.96 bits per heavy atom. The predicted octanol–water partition coefficient (Wildman–Crippen LogP) is 4.36. The lowest BCUT2D eigenvalue weighted by molar-refractivity contribution is 0.243. The Balaban J connectivity index is 1.82. The van der Waals surface area contributed by atoms with Gasteiger partial charge in [-0.15, -0.1) is 0 Å². The molecule has 4 heteroatoms. The molecule has 0 spiro atoms. The highest BCUT2D eigenvalue weighted by molar-refractivity contribution is 5.90. The van der Waals surface area contributed by atoms with Crippen LogP contribution in [-0.2, 0) is 0 Å². The molecule has 3 aromatic rings. The zero-order valence-corrected chi connectivity index (χ0v) is 13.4. The molecule has 5 rings (SSSR count). The van der Waals surface area contributed by atoms with Gasteiger partial charge in [0.25, 0.3) is 0 Å². The number of phenolic OH excluding ortho intramolecular Hbond substituents is 1. The maximum absolute atomic E-state index is 12.7. The second kappa shape index (κ2) is 5.24. The van der Waals surface area contributed by atoms with Crippen LogP contribution in [0, 0.1) is 0 Å². The molecule has 0 unspecified atom stereocenters. The molecule has 25 heavy (non-hydrogen) atoms. The van der Waals surface area contributed by atoms with E-state index in [0.717, 1.165) is 24.0 Å². The van der Waals surface area contributed by atoms with Gasteiger partial charge >= 0.3 is 0 Å². The fraction of sp³-hybridized carbons (Fsp3) is 0.190. The van der Waals surface area contributed by atoms with E-state index in [4.69, 9.17) is 9.15 Å². The lowest BCUT2D eigenvalue weighted by atomic mass is 9.86. The summed E-state index contributed by atoms with van der Waals surface area (Å²) in [5, 5.41) is 10.6. The second-order valence-corrected chi connectivity index (χ2v) is 6.55. The van der Waals surface area contributed by atoms with Crippen molar-refractivity contribution in [1.29, 1.82) is 0 Å². The first-order chi connectivity index (χ1) is 12.2. The van der Waals surface area contributed by atoms with Crippen molar-refractivity contribution in [3.8, 4) is 22.8 Å². The molecular formula is C21H16O4. The predicted molar refractivity (Wildman–Crippen MR) is 95.1 cm³/mol. The number of fused-ring (bicyclic) bond motifs is 5. The molecule has 1 aliphatic heterocycles. The summed E-state index contributed by atoms with van der Waals surface area (Å²) in [6.45, 7) is 0. The zero-order chi connectivity index (χ0) is 17.0. The lowest BCUT2D eigenvalue weighted by Gasteiger charge is -2.19. The van der Waals surface area contributed by atoms with Crippen LogP contribution in [0.1, 0.15) is 24.3 Å². The van der Waals surface area contributed by atoms with Crippen molar-refractivity contribution in [3.63, 3.8) is 0 Å². The summed E-state index contributed by atoms with van der Waals surface area (Å²) in [7, 11) is 0. The molecule has 0 saturated carbocycles. The first-order valence-corrected chi connectivity index (χ1v) is 8.45. The molecule has 2 atom stereocenters. The highest BCUT2D eigenvalue weighted by atomic mass is 16.5. The fourth-order valence-electron chi connectivity index (χ4n) is 3.89. The molecule has 2 heterocycles. The molecule has 2 aliphatic rings. The van der Waals surface area contributed by atoms with Crippen LogP contribution in [0.4, 0.5) is 0 Å². The van der Waals surface area contributed by atoms with E-state index in [1.807, 2.05) is 30.3 Å². The van der Waals surface area contributed by atoms with Gasteiger partial charge in [-0.1, -0.05) is 36.4 Å². The Morgan fingerprint density at radius 1 is 1.12 bits per heavy atom. The maximum Gasteiger partial charge on any atom is 0.197 e. The van der Waals surface area contributed by atoms with Crippen LogP contribution in [0.15, 0.2) is 63.8 Å². The molecule has 0 radical (unpaired) electrons. The quantitative estimate of drug-likeness (QED) is 0.673. The molecule has 0 saturated heterocycles. The number of ether oxygens (including phenoxy) is 1. The van der Waals surface area contributed by atoms with E-state index in [1.54, 1.807) is 6.07 Å². The van der Waals surface area contributed by atoms with Crippen LogP contribution < -0.4 is 10.2 Å². The van der Waals surface area contributed by atoms with Gasteiger partial charge in [0.1, 0.15) is 34.3 Å². The number of phenols is 1. The van der Waals surface area contributed by atoms with E-state index in [-0.39, 0.29) is 28.6 Å². The van der Waals surface area contributed by atoms with Gasteiger partial charge in [0.2, 0.25) is 0 Å². The Morgan fingerprint density at radius 3 is 2.80 bits per heavy atom. The summed E-state index contributed by atoms with van der Waals surface area (Å²) < 4.78 is 12.1. The molecule has 124 valence electrons. The van der Waals surface area contributed by atoms with Crippen molar-refractivity contribution in [1.82, 2.24) is 0 Å². The van der Waals surface area contributed by atoms with Crippen molar-refractivity contribution in [2.45, 2.75) is 24.9 Å². The van der Waals surface area contributed by atoms with Crippen molar-refractivity contribution in [2.24, 2.45) is 0 Å². The van der Waals surface area contributed by atoms with Crippen LogP contribution in [0.3, 0.4) is 0 Å². The standard InChI is InChI=1S/C21H16O4/c22-14-10-17(12-6-2-1-3-7-12)25-21-19-13-8-4-5-9-16(13)24-18(19)11-15(23)20(14)21/h1-3,5-7,9-11,13,16,23H,4,8H2/t13-,16+/m0/s1. The van der Waals surface area contributed by atoms with Crippen molar-refractivity contribution in [2.75, 3.05) is 0 Å². The normalized spacial score (nSPS) is 21.0. The summed E-state index contributed by atoms with van der Waals surface area (Å²) in [6.07, 6.45) is 6.01. The number of hydrogen-bond donors (Lipinski definition) is 1. The van der Waals surface area contributed by atoms with E-state index in [9.17, 15) is 9.90 Å². The highest BCUT2D eigenvalue weighted by Gasteiger charge is 2.37. The minimum atomic E-state index is -0.241. The van der Waals surface area contributed by atoms with Gasteiger partial charge in [-0.25, -0.2) is 0 Å². The molecule has 1 aliphatic carbocycles. The van der Waals surface area contributed by atoms with E-state index >= 15 is 0 Å². The van der Waals surface area contributed by atoms with E-state index in [2.05, 4.69) is 12.2 Å². The number of benzene rings is 2. The summed E-state index contributed by atoms with van der Waals surface area (Å²) in [5.41, 5.74) is 1.94. The highest BCUT2D eigenvalue weighted by Crippen LogP contribution is 2.49. The number of aromatic hydroxyl groups is 1. The largest absolute Gasteiger partial charge is 0.507 e. The van der Waals surface area contributed by atoms with E-state index < -0.39 is 0 Å². The zero-order valence-electron chi connectivity index (χ0n) is 13.4. The Hall–Kier alpha value is -3.01. The molecule has 1 N–H and O–H groups in total. The van der Waals surface area contributed by atoms with Crippen LogP contribution in [0.5, 0.6) is 11.5 Å². The van der Waals surface area contributed by atoms with Gasteiger partial charge in [-0.3, -0.25) is 4.79 Å². The Bertz CT molecular complexity index is 1060. The Labute approximate surface area is 144 Å². The summed E-state index contributed by atoms with van der Waals surface area (Å²) >= 11 is 0. The SMILES string of the molecule is O=c1cc(-c2ccccc2)oc2c3c(cc(O)c12)O[C@@H]1C=CCC[C@H]31. The van der Waals surface area contributed by atoms with Crippen molar-refractivity contribution in [3.05, 3.63) is 70.4 Å². The van der Waals surface area contributed by atoms with Gasteiger partial charge in [0.15, 0.2) is 5.43 Å². The maximum atomic E-state index is 12.7. The van der Waals surface area contributed by atoms with Gasteiger partial charge in [0.05, 0.1) is 0 Å². The van der Waals surface area contributed by atoms with Gasteiger partial charge in [0, 0.05) is 29.2 Å². The number of hydrogen-bond acceptors (Lipinski definition) is 4. The Kier molecular flexibility index (Phi) is 3.01. The van der Waals surface area contributed by atoms with Crippen molar-refractivity contribution < 1.29 is 14.3 Å². The molecule has 4 nitrogen and oxygen atoms in total. The van der Waals surface area contributed by atoms with Crippen LogP contribution in [-0.4, -0.2) is 11.2 Å². The van der Waals surface area contributed by atoms with Crippen LogP contribution in [0.2, 0.25) is 0 Å². The molecule has 0 amide bonds. The van der Waals surface area contributed by atoms with Gasteiger partial charge in [-0.05, 0) is 18.9 Å². The molecule has 1 aromatic heterocycles. The monoisotopic (exact) mass is 332 g/mol. The molecule has 2 aromatic carbocycles. The fourth-order valence-corrected chi connectivity index (χ4v) is 3.89. The number of rotatable bonds is 1. The summed E-state index contributed by atoms with van der Waals surface area (Å²) in [5.74, 6) is 1.17. The third-order valence-electron chi connectivity index (χ3n) is 5.04. The number of allylic oxidation sites excluding steroid dienone is 1. The second-order valence-electron chi connectivity index (χ2n) is 6.55. The molecule has 0 bridgehead atoms. The smallest absolute Gasteiger partial charge is 0.197 e. The minimum Gasteiger partial charge on any atom is -0.507 e. The van der Waals surface area contributed by atoms with E-state index in [1.165, 1.54) is 6.07 Å². The summed E-state index contributed by atoms with van der Waals surface area (Å²) in [4.78, 5) is 12.7. The van der Waals surface area contributed by atoms with Crippen molar-refractivity contribution >= 4 is 11.0 Å². The van der Waals surface area contributed by atoms with Crippen LogP contribution >= 0.6 is 0 Å². The summed E-state index contributed by atoms with van der Waals surface area (Å²) in [6, 6.07) is 12.5. The van der Waals surface area contributed by atoms with Gasteiger partial charge < -0.3 is 14.3 Å². The third-order valence-corrected chi connectivity index (χ3v) is 5.04. The first-order valence-electron chi connectivity index (χ1n) is 8.45.